The van der Waals surface area contributed by atoms with E-state index in [1.54, 1.807) is 11.3 Å². The van der Waals surface area contributed by atoms with Gasteiger partial charge in [-0.3, -0.25) is 0 Å². The Balaban J connectivity index is 2.46. The molecule has 1 aromatic rings. The Hall–Kier alpha value is -0.0500. The molecule has 0 aromatic carbocycles. The van der Waals surface area contributed by atoms with Crippen molar-refractivity contribution in [1.82, 2.24) is 5.32 Å². The Labute approximate surface area is 89.1 Å². The van der Waals surface area contributed by atoms with Gasteiger partial charge < -0.3 is 5.32 Å². The van der Waals surface area contributed by atoms with Crippen molar-refractivity contribution in [2.45, 2.75) is 32.7 Å². The first-order valence-electron chi connectivity index (χ1n) is 4.73. The van der Waals surface area contributed by atoms with E-state index in [0.717, 1.165) is 17.3 Å². The molecule has 3 heteroatoms. The van der Waals surface area contributed by atoms with Gasteiger partial charge in [0.1, 0.15) is 0 Å². The molecular formula is C10H16ClNS. The minimum Gasteiger partial charge on any atom is -0.314 e. The summed E-state index contributed by atoms with van der Waals surface area (Å²) in [5.41, 5.74) is 0. The highest BCUT2D eigenvalue weighted by molar-refractivity contribution is 7.16. The van der Waals surface area contributed by atoms with E-state index in [1.165, 1.54) is 11.3 Å². The van der Waals surface area contributed by atoms with Crippen LogP contribution in [0.5, 0.6) is 0 Å². The van der Waals surface area contributed by atoms with Gasteiger partial charge in [0.05, 0.1) is 4.34 Å². The predicted molar refractivity (Wildman–Crippen MR) is 60.8 cm³/mol. The molecule has 0 saturated heterocycles. The third-order valence-electron chi connectivity index (χ3n) is 2.06. The zero-order chi connectivity index (χ0) is 9.68. The molecule has 0 aliphatic heterocycles. The first kappa shape index (κ1) is 11.0. The van der Waals surface area contributed by atoms with Gasteiger partial charge in [-0.25, -0.2) is 0 Å². The van der Waals surface area contributed by atoms with Crippen LogP contribution in [0.1, 0.15) is 25.1 Å². The molecule has 1 rings (SSSR count). The number of hydrogen-bond donors (Lipinski definition) is 1. The Kier molecular flexibility index (Phi) is 4.78. The van der Waals surface area contributed by atoms with E-state index in [1.807, 2.05) is 6.07 Å². The Morgan fingerprint density at radius 1 is 1.46 bits per heavy atom. The Morgan fingerprint density at radius 3 is 2.69 bits per heavy atom. The molecule has 1 heterocycles. The van der Waals surface area contributed by atoms with E-state index < -0.39 is 0 Å². The number of thiophene rings is 1. The van der Waals surface area contributed by atoms with Crippen LogP contribution in [0, 0.1) is 0 Å². The third kappa shape index (κ3) is 3.67. The molecule has 0 radical (unpaired) electrons. The van der Waals surface area contributed by atoms with Crippen LogP contribution in [0.3, 0.4) is 0 Å². The zero-order valence-corrected chi connectivity index (χ0v) is 9.71. The van der Waals surface area contributed by atoms with Crippen molar-refractivity contribution in [2.75, 3.05) is 6.54 Å². The molecule has 1 atom stereocenters. The average molecular weight is 218 g/mol. The van der Waals surface area contributed by atoms with Gasteiger partial charge >= 0.3 is 0 Å². The lowest BCUT2D eigenvalue weighted by atomic mass is 10.1. The molecule has 1 N–H and O–H groups in total. The highest BCUT2D eigenvalue weighted by Gasteiger charge is 2.06. The van der Waals surface area contributed by atoms with Crippen LogP contribution in [0.2, 0.25) is 4.34 Å². The summed E-state index contributed by atoms with van der Waals surface area (Å²) in [6.07, 6.45) is 2.27. The second-order valence-corrected chi connectivity index (χ2v) is 4.87. The van der Waals surface area contributed by atoms with Crippen LogP contribution in [0.15, 0.2) is 12.1 Å². The number of nitrogens with one attached hydrogen (secondary N) is 1. The number of hydrogen-bond acceptors (Lipinski definition) is 2. The number of halogens is 1. The van der Waals surface area contributed by atoms with E-state index in [2.05, 4.69) is 25.2 Å². The SMILES string of the molecule is CCNC(CC)Cc1ccc(Cl)s1. The molecule has 13 heavy (non-hydrogen) atoms. The fourth-order valence-electron chi connectivity index (χ4n) is 1.35. The van der Waals surface area contributed by atoms with Gasteiger partial charge in [0.2, 0.25) is 0 Å². The van der Waals surface area contributed by atoms with Gasteiger partial charge in [0.15, 0.2) is 0 Å². The number of rotatable bonds is 5. The van der Waals surface area contributed by atoms with Gasteiger partial charge in [-0.05, 0) is 31.5 Å². The van der Waals surface area contributed by atoms with Crippen LogP contribution in [-0.2, 0) is 6.42 Å². The predicted octanol–water partition coefficient (Wildman–Crippen LogP) is 3.33. The van der Waals surface area contributed by atoms with Crippen LogP contribution < -0.4 is 5.32 Å². The molecule has 0 bridgehead atoms. The largest absolute Gasteiger partial charge is 0.314 e. The maximum Gasteiger partial charge on any atom is 0.0931 e. The van der Waals surface area contributed by atoms with Crippen molar-refractivity contribution in [3.05, 3.63) is 21.3 Å². The third-order valence-corrected chi connectivity index (χ3v) is 3.32. The summed E-state index contributed by atoms with van der Waals surface area (Å²) in [5, 5.41) is 3.45. The molecule has 0 saturated carbocycles. The van der Waals surface area contributed by atoms with E-state index >= 15 is 0 Å². The van der Waals surface area contributed by atoms with E-state index in [-0.39, 0.29) is 0 Å². The van der Waals surface area contributed by atoms with Gasteiger partial charge in [-0.15, -0.1) is 11.3 Å². The van der Waals surface area contributed by atoms with Crippen molar-refractivity contribution in [1.29, 1.82) is 0 Å². The van der Waals surface area contributed by atoms with Crippen molar-refractivity contribution in [2.24, 2.45) is 0 Å². The maximum atomic E-state index is 5.86. The molecule has 1 nitrogen and oxygen atoms in total. The summed E-state index contributed by atoms with van der Waals surface area (Å²) >= 11 is 7.54. The minimum atomic E-state index is 0.597. The average Bonchev–Trinajstić information content (AvgIpc) is 2.50. The standard InChI is InChI=1S/C10H16ClNS/c1-3-8(12-4-2)7-9-5-6-10(11)13-9/h5-6,8,12H,3-4,7H2,1-2H3. The van der Waals surface area contributed by atoms with Gasteiger partial charge in [-0.1, -0.05) is 25.4 Å². The molecule has 0 amide bonds. The van der Waals surface area contributed by atoms with Gasteiger partial charge in [0, 0.05) is 10.9 Å². The van der Waals surface area contributed by atoms with E-state index in [9.17, 15) is 0 Å². The van der Waals surface area contributed by atoms with Gasteiger partial charge in [-0.2, -0.15) is 0 Å². The molecule has 0 aliphatic carbocycles. The second-order valence-electron chi connectivity index (χ2n) is 3.07. The first-order valence-corrected chi connectivity index (χ1v) is 5.93. The lowest BCUT2D eigenvalue weighted by Gasteiger charge is -2.13. The van der Waals surface area contributed by atoms with Crippen LogP contribution in [-0.4, -0.2) is 12.6 Å². The topological polar surface area (TPSA) is 12.0 Å². The molecule has 0 fully saturated rings. The van der Waals surface area contributed by atoms with Crippen LogP contribution in [0.4, 0.5) is 0 Å². The summed E-state index contributed by atoms with van der Waals surface area (Å²) in [6.45, 7) is 5.39. The van der Waals surface area contributed by atoms with Crippen LogP contribution in [0.25, 0.3) is 0 Å². The molecule has 74 valence electrons. The summed E-state index contributed by atoms with van der Waals surface area (Å²) in [4.78, 5) is 1.37. The fourth-order valence-corrected chi connectivity index (χ4v) is 2.52. The van der Waals surface area contributed by atoms with Crippen molar-refractivity contribution in [3.63, 3.8) is 0 Å². The first-order chi connectivity index (χ1) is 6.26. The summed E-state index contributed by atoms with van der Waals surface area (Å²) in [6, 6.07) is 4.69. The molecule has 0 spiro atoms. The highest BCUT2D eigenvalue weighted by Crippen LogP contribution is 2.22. The highest BCUT2D eigenvalue weighted by atomic mass is 35.5. The lowest BCUT2D eigenvalue weighted by Crippen LogP contribution is -2.29. The molecule has 0 aliphatic rings. The Morgan fingerprint density at radius 2 is 2.23 bits per heavy atom. The van der Waals surface area contributed by atoms with E-state index in [4.69, 9.17) is 11.6 Å². The van der Waals surface area contributed by atoms with Crippen molar-refractivity contribution >= 4 is 22.9 Å². The molecule has 1 aromatic heterocycles. The van der Waals surface area contributed by atoms with Crippen molar-refractivity contribution in [3.8, 4) is 0 Å². The molecule has 1 unspecified atom stereocenters. The molecular weight excluding hydrogens is 202 g/mol. The van der Waals surface area contributed by atoms with Crippen LogP contribution >= 0.6 is 22.9 Å². The van der Waals surface area contributed by atoms with E-state index in [0.29, 0.717) is 6.04 Å². The Bertz CT molecular complexity index is 247. The fraction of sp³-hybridized carbons (Fsp3) is 0.600. The quantitative estimate of drug-likeness (QED) is 0.798. The lowest BCUT2D eigenvalue weighted by molar-refractivity contribution is 0.513. The monoisotopic (exact) mass is 217 g/mol. The summed E-state index contributed by atoms with van der Waals surface area (Å²) in [5.74, 6) is 0. The minimum absolute atomic E-state index is 0.597. The smallest absolute Gasteiger partial charge is 0.0931 e. The summed E-state index contributed by atoms with van der Waals surface area (Å²) in [7, 11) is 0. The summed E-state index contributed by atoms with van der Waals surface area (Å²) < 4.78 is 0.890. The zero-order valence-electron chi connectivity index (χ0n) is 8.14. The maximum absolute atomic E-state index is 5.86. The van der Waals surface area contributed by atoms with Crippen molar-refractivity contribution < 1.29 is 0 Å². The number of likely N-dealkylation sites (N-methyl/N-ethyl adjacent to an activating group) is 1. The second kappa shape index (κ2) is 5.63. The van der Waals surface area contributed by atoms with Gasteiger partial charge in [0.25, 0.3) is 0 Å². The normalized spacial score (nSPS) is 13.2.